The molecule has 6 nitrogen and oxygen atoms in total. The third-order valence-electron chi connectivity index (χ3n) is 6.04. The number of aryl methyl sites for hydroxylation is 1. The maximum atomic E-state index is 12.9. The molecule has 1 saturated heterocycles. The highest BCUT2D eigenvalue weighted by Gasteiger charge is 2.52. The molecule has 4 amide bonds. The summed E-state index contributed by atoms with van der Waals surface area (Å²) in [5.41, 5.74) is 1.44. The van der Waals surface area contributed by atoms with E-state index in [4.69, 9.17) is 0 Å². The molecule has 138 valence electrons. The van der Waals surface area contributed by atoms with Crippen molar-refractivity contribution in [2.75, 3.05) is 11.4 Å². The zero-order valence-corrected chi connectivity index (χ0v) is 15.2. The summed E-state index contributed by atoms with van der Waals surface area (Å²) in [6.07, 6.45) is 5.39. The van der Waals surface area contributed by atoms with E-state index in [0.29, 0.717) is 12.8 Å². The SMILES string of the molecule is C[C@H]1CCc2ccccc2N1C(=O)CCN1C(=O)NC2(CCCC2)C1=O. The average molecular weight is 355 g/mol. The van der Waals surface area contributed by atoms with Crippen LogP contribution in [-0.2, 0) is 16.0 Å². The van der Waals surface area contributed by atoms with Crippen LogP contribution in [0.1, 0.15) is 51.0 Å². The molecule has 1 aromatic rings. The van der Waals surface area contributed by atoms with Crippen molar-refractivity contribution in [2.24, 2.45) is 0 Å². The molecule has 0 bridgehead atoms. The van der Waals surface area contributed by atoms with Gasteiger partial charge in [-0.3, -0.25) is 14.5 Å². The first kappa shape index (κ1) is 17.1. The molecule has 1 aliphatic carbocycles. The lowest BCUT2D eigenvalue weighted by molar-refractivity contribution is -0.131. The highest BCUT2D eigenvalue weighted by molar-refractivity contribution is 6.07. The van der Waals surface area contributed by atoms with Crippen LogP contribution in [0, 0.1) is 0 Å². The molecule has 1 N–H and O–H groups in total. The summed E-state index contributed by atoms with van der Waals surface area (Å²) in [5.74, 6) is -0.183. The summed E-state index contributed by atoms with van der Waals surface area (Å²) in [4.78, 5) is 41.0. The highest BCUT2D eigenvalue weighted by atomic mass is 16.2. The summed E-state index contributed by atoms with van der Waals surface area (Å²) in [7, 11) is 0. The smallest absolute Gasteiger partial charge is 0.323 e. The summed E-state index contributed by atoms with van der Waals surface area (Å²) in [6.45, 7) is 2.20. The predicted octanol–water partition coefficient (Wildman–Crippen LogP) is 2.61. The van der Waals surface area contributed by atoms with Gasteiger partial charge in [0.15, 0.2) is 0 Å². The molecule has 1 atom stereocenters. The van der Waals surface area contributed by atoms with Crippen LogP contribution in [0.25, 0.3) is 0 Å². The van der Waals surface area contributed by atoms with E-state index in [9.17, 15) is 14.4 Å². The van der Waals surface area contributed by atoms with Crippen LogP contribution in [0.15, 0.2) is 24.3 Å². The number of urea groups is 1. The zero-order valence-electron chi connectivity index (χ0n) is 15.2. The van der Waals surface area contributed by atoms with Gasteiger partial charge in [-0.2, -0.15) is 0 Å². The highest BCUT2D eigenvalue weighted by Crippen LogP contribution is 2.35. The summed E-state index contributed by atoms with van der Waals surface area (Å²) in [5, 5.41) is 2.87. The van der Waals surface area contributed by atoms with Gasteiger partial charge in [0.05, 0.1) is 0 Å². The van der Waals surface area contributed by atoms with Gasteiger partial charge < -0.3 is 10.2 Å². The first-order chi connectivity index (χ1) is 12.5. The number of carbonyl (C=O) groups excluding carboxylic acids is 3. The van der Waals surface area contributed by atoms with E-state index in [2.05, 4.69) is 18.3 Å². The Bertz CT molecular complexity index is 754. The second-order valence-corrected chi connectivity index (χ2v) is 7.71. The third-order valence-corrected chi connectivity index (χ3v) is 6.04. The molecule has 0 aromatic heterocycles. The normalized spacial score (nSPS) is 24.1. The Balaban J connectivity index is 1.46. The third kappa shape index (κ3) is 2.68. The topological polar surface area (TPSA) is 69.7 Å². The van der Waals surface area contributed by atoms with Crippen molar-refractivity contribution in [3.05, 3.63) is 29.8 Å². The van der Waals surface area contributed by atoms with Crippen molar-refractivity contribution in [2.45, 2.75) is 63.5 Å². The summed E-state index contributed by atoms with van der Waals surface area (Å²) < 4.78 is 0. The second kappa shape index (κ2) is 6.41. The predicted molar refractivity (Wildman–Crippen MR) is 97.8 cm³/mol. The molecule has 4 rings (SSSR count). The molecule has 0 unspecified atom stereocenters. The second-order valence-electron chi connectivity index (χ2n) is 7.71. The average Bonchev–Trinajstić information content (AvgIpc) is 3.19. The summed E-state index contributed by atoms with van der Waals surface area (Å²) in [6, 6.07) is 7.75. The number of imide groups is 1. The number of hydrogen-bond acceptors (Lipinski definition) is 3. The number of carbonyl (C=O) groups is 3. The molecular weight excluding hydrogens is 330 g/mol. The van der Waals surface area contributed by atoms with Crippen molar-refractivity contribution in [3.8, 4) is 0 Å². The Morgan fingerprint density at radius 3 is 2.73 bits per heavy atom. The molecule has 0 radical (unpaired) electrons. The first-order valence-corrected chi connectivity index (χ1v) is 9.56. The number of para-hydroxylation sites is 1. The van der Waals surface area contributed by atoms with Gasteiger partial charge in [-0.25, -0.2) is 4.79 Å². The number of hydrogen-bond donors (Lipinski definition) is 1. The van der Waals surface area contributed by atoms with E-state index in [1.807, 2.05) is 23.1 Å². The van der Waals surface area contributed by atoms with Crippen LogP contribution < -0.4 is 10.2 Å². The lowest BCUT2D eigenvalue weighted by Gasteiger charge is -2.35. The van der Waals surface area contributed by atoms with Crippen LogP contribution in [0.5, 0.6) is 0 Å². The number of amides is 4. The molecule has 2 heterocycles. The molecule has 6 heteroatoms. The molecule has 2 fully saturated rings. The number of nitrogens with zero attached hydrogens (tertiary/aromatic N) is 2. The fraction of sp³-hybridized carbons (Fsp3) is 0.550. The fourth-order valence-electron chi connectivity index (χ4n) is 4.59. The van der Waals surface area contributed by atoms with Gasteiger partial charge in [0.1, 0.15) is 5.54 Å². The van der Waals surface area contributed by atoms with Crippen molar-refractivity contribution >= 4 is 23.5 Å². The van der Waals surface area contributed by atoms with Gasteiger partial charge in [0, 0.05) is 24.7 Å². The Morgan fingerprint density at radius 1 is 1.23 bits per heavy atom. The Labute approximate surface area is 153 Å². The minimum atomic E-state index is -0.703. The van der Waals surface area contributed by atoms with Gasteiger partial charge in [-0.1, -0.05) is 31.0 Å². The van der Waals surface area contributed by atoms with Crippen LogP contribution >= 0.6 is 0 Å². The number of nitrogens with one attached hydrogen (secondary N) is 1. The maximum Gasteiger partial charge on any atom is 0.325 e. The van der Waals surface area contributed by atoms with Crippen molar-refractivity contribution in [1.29, 1.82) is 0 Å². The molecule has 2 aliphatic heterocycles. The molecular formula is C20H25N3O3. The minimum Gasteiger partial charge on any atom is -0.323 e. The van der Waals surface area contributed by atoms with Gasteiger partial charge in [-0.15, -0.1) is 0 Å². The van der Waals surface area contributed by atoms with Gasteiger partial charge in [0.2, 0.25) is 5.91 Å². The van der Waals surface area contributed by atoms with E-state index in [0.717, 1.165) is 31.4 Å². The molecule has 1 spiro atoms. The molecule has 26 heavy (non-hydrogen) atoms. The largest absolute Gasteiger partial charge is 0.325 e. The van der Waals surface area contributed by atoms with E-state index in [-0.39, 0.29) is 36.9 Å². The number of benzene rings is 1. The van der Waals surface area contributed by atoms with Crippen molar-refractivity contribution in [3.63, 3.8) is 0 Å². The van der Waals surface area contributed by atoms with Gasteiger partial charge in [0.25, 0.3) is 5.91 Å². The van der Waals surface area contributed by atoms with E-state index >= 15 is 0 Å². The van der Waals surface area contributed by atoms with Crippen LogP contribution in [0.3, 0.4) is 0 Å². The van der Waals surface area contributed by atoms with Crippen molar-refractivity contribution < 1.29 is 14.4 Å². The van der Waals surface area contributed by atoms with Crippen LogP contribution in [-0.4, -0.2) is 40.9 Å². The quantitative estimate of drug-likeness (QED) is 0.848. The monoisotopic (exact) mass is 355 g/mol. The van der Waals surface area contributed by atoms with Crippen LogP contribution in [0.2, 0.25) is 0 Å². The minimum absolute atomic E-state index is 0.0300. The first-order valence-electron chi connectivity index (χ1n) is 9.56. The van der Waals surface area contributed by atoms with Crippen LogP contribution in [0.4, 0.5) is 10.5 Å². The van der Waals surface area contributed by atoms with E-state index < -0.39 is 5.54 Å². The Hall–Kier alpha value is -2.37. The molecule has 1 aromatic carbocycles. The number of rotatable bonds is 3. The Morgan fingerprint density at radius 2 is 1.96 bits per heavy atom. The molecule has 3 aliphatic rings. The lowest BCUT2D eigenvalue weighted by atomic mass is 9.96. The molecule has 1 saturated carbocycles. The van der Waals surface area contributed by atoms with E-state index in [1.165, 1.54) is 10.5 Å². The van der Waals surface area contributed by atoms with Gasteiger partial charge in [-0.05, 0) is 44.2 Å². The number of anilines is 1. The Kier molecular flexibility index (Phi) is 4.21. The fourth-order valence-corrected chi connectivity index (χ4v) is 4.59. The standard InChI is InChI=1S/C20H25N3O3/c1-14-8-9-15-6-2-3-7-16(15)23(14)17(24)10-13-22-18(25)20(21-19(22)26)11-4-5-12-20/h2-3,6-7,14H,4-5,8-13H2,1H3,(H,21,26)/t14-/m0/s1. The number of fused-ring (bicyclic) bond motifs is 1. The lowest BCUT2D eigenvalue weighted by Crippen LogP contribution is -2.45. The van der Waals surface area contributed by atoms with E-state index in [1.54, 1.807) is 0 Å². The van der Waals surface area contributed by atoms with Crippen molar-refractivity contribution in [1.82, 2.24) is 10.2 Å². The summed E-state index contributed by atoms with van der Waals surface area (Å²) >= 11 is 0. The zero-order chi connectivity index (χ0) is 18.3. The maximum absolute atomic E-state index is 12.9. The van der Waals surface area contributed by atoms with Gasteiger partial charge >= 0.3 is 6.03 Å².